The molecule has 2 heterocycles. The first-order valence-corrected chi connectivity index (χ1v) is 7.64. The molecule has 2 unspecified atom stereocenters. The minimum Gasteiger partial charge on any atom is -0.454 e. The number of ether oxygens (including phenoxy) is 3. The minimum absolute atomic E-state index is 0.0268. The number of morpholine rings is 1. The normalized spacial score (nSPS) is 22.4. The van der Waals surface area contributed by atoms with Crippen LogP contribution in [0, 0.1) is 0 Å². The molecule has 1 aromatic carbocycles. The second-order valence-electron chi connectivity index (χ2n) is 5.80. The standard InChI is InChI=1S/C16H22N2O4/c1-11-9-20-6-5-18(11)8-16(19)17-12(2)13-3-4-14-15(7-13)22-10-21-14/h3-4,7,11-12H,5-6,8-10H2,1-2H3,(H,17,19). The smallest absolute Gasteiger partial charge is 0.234 e. The van der Waals surface area contributed by atoms with Crippen molar-refractivity contribution in [1.29, 1.82) is 0 Å². The van der Waals surface area contributed by atoms with Crippen LogP contribution in [-0.4, -0.2) is 49.9 Å². The fourth-order valence-electron chi connectivity index (χ4n) is 2.73. The number of hydrogen-bond acceptors (Lipinski definition) is 5. The lowest BCUT2D eigenvalue weighted by molar-refractivity contribution is -0.125. The van der Waals surface area contributed by atoms with E-state index in [9.17, 15) is 4.79 Å². The van der Waals surface area contributed by atoms with E-state index in [0.717, 1.165) is 23.6 Å². The monoisotopic (exact) mass is 306 g/mol. The van der Waals surface area contributed by atoms with E-state index in [1.807, 2.05) is 25.1 Å². The van der Waals surface area contributed by atoms with Crippen LogP contribution in [0.3, 0.4) is 0 Å². The molecule has 0 spiro atoms. The molecular weight excluding hydrogens is 284 g/mol. The molecule has 1 amide bonds. The van der Waals surface area contributed by atoms with Crippen molar-refractivity contribution in [3.8, 4) is 11.5 Å². The number of nitrogens with zero attached hydrogens (tertiary/aromatic N) is 1. The van der Waals surface area contributed by atoms with Crippen LogP contribution in [0.5, 0.6) is 11.5 Å². The summed E-state index contributed by atoms with van der Waals surface area (Å²) in [5.41, 5.74) is 1.01. The topological polar surface area (TPSA) is 60.0 Å². The Morgan fingerprint density at radius 3 is 3.05 bits per heavy atom. The Morgan fingerprint density at radius 2 is 2.23 bits per heavy atom. The van der Waals surface area contributed by atoms with Crippen molar-refractivity contribution in [3.05, 3.63) is 23.8 Å². The van der Waals surface area contributed by atoms with Gasteiger partial charge in [-0.25, -0.2) is 0 Å². The van der Waals surface area contributed by atoms with Crippen LogP contribution in [0.4, 0.5) is 0 Å². The molecule has 2 aliphatic heterocycles. The van der Waals surface area contributed by atoms with Gasteiger partial charge in [0.2, 0.25) is 12.7 Å². The maximum atomic E-state index is 12.2. The minimum atomic E-state index is -0.0710. The van der Waals surface area contributed by atoms with Gasteiger partial charge in [-0.05, 0) is 31.5 Å². The van der Waals surface area contributed by atoms with Crippen LogP contribution in [0.1, 0.15) is 25.5 Å². The molecule has 3 rings (SSSR count). The maximum absolute atomic E-state index is 12.2. The molecule has 6 nitrogen and oxygen atoms in total. The fraction of sp³-hybridized carbons (Fsp3) is 0.562. The van der Waals surface area contributed by atoms with Crippen molar-refractivity contribution < 1.29 is 19.0 Å². The fourth-order valence-corrected chi connectivity index (χ4v) is 2.73. The molecular formula is C16H22N2O4. The first-order chi connectivity index (χ1) is 10.6. The highest BCUT2D eigenvalue weighted by Crippen LogP contribution is 2.34. The average molecular weight is 306 g/mol. The highest BCUT2D eigenvalue weighted by Gasteiger charge is 2.22. The zero-order chi connectivity index (χ0) is 15.5. The van der Waals surface area contributed by atoms with Crippen molar-refractivity contribution in [1.82, 2.24) is 10.2 Å². The molecule has 120 valence electrons. The molecule has 0 saturated carbocycles. The van der Waals surface area contributed by atoms with Gasteiger partial charge in [0.15, 0.2) is 11.5 Å². The number of amides is 1. The zero-order valence-electron chi connectivity index (χ0n) is 13.0. The Bertz CT molecular complexity index is 549. The third kappa shape index (κ3) is 3.34. The van der Waals surface area contributed by atoms with Crippen LogP contribution < -0.4 is 14.8 Å². The van der Waals surface area contributed by atoms with Crippen LogP contribution in [0.25, 0.3) is 0 Å². The van der Waals surface area contributed by atoms with Crippen LogP contribution in [-0.2, 0) is 9.53 Å². The number of benzene rings is 1. The third-order valence-electron chi connectivity index (χ3n) is 4.13. The molecule has 0 bridgehead atoms. The second kappa shape index (κ2) is 6.54. The Labute approximate surface area is 130 Å². The van der Waals surface area contributed by atoms with E-state index in [-0.39, 0.29) is 24.8 Å². The zero-order valence-corrected chi connectivity index (χ0v) is 13.0. The largest absolute Gasteiger partial charge is 0.454 e. The molecule has 2 aliphatic rings. The summed E-state index contributed by atoms with van der Waals surface area (Å²) in [6.45, 7) is 6.88. The van der Waals surface area contributed by atoms with E-state index in [1.54, 1.807) is 0 Å². The van der Waals surface area contributed by atoms with Gasteiger partial charge in [0.1, 0.15) is 0 Å². The lowest BCUT2D eigenvalue weighted by Crippen LogP contribution is -2.48. The number of hydrogen-bond donors (Lipinski definition) is 1. The first kappa shape index (κ1) is 15.1. The lowest BCUT2D eigenvalue weighted by atomic mass is 10.1. The summed E-state index contributed by atoms with van der Waals surface area (Å²) in [6, 6.07) is 5.96. The summed E-state index contributed by atoms with van der Waals surface area (Å²) >= 11 is 0. The molecule has 1 N–H and O–H groups in total. The predicted molar refractivity (Wildman–Crippen MR) is 81.0 cm³/mol. The molecule has 0 aliphatic carbocycles. The predicted octanol–water partition coefficient (Wildman–Crippen LogP) is 1.31. The van der Waals surface area contributed by atoms with Gasteiger partial charge in [-0.15, -0.1) is 0 Å². The van der Waals surface area contributed by atoms with Gasteiger partial charge in [-0.1, -0.05) is 6.07 Å². The van der Waals surface area contributed by atoms with Crippen molar-refractivity contribution in [2.45, 2.75) is 25.9 Å². The van der Waals surface area contributed by atoms with Gasteiger partial charge >= 0.3 is 0 Å². The highest BCUT2D eigenvalue weighted by atomic mass is 16.7. The summed E-state index contributed by atoms with van der Waals surface area (Å²) in [6.07, 6.45) is 0. The van der Waals surface area contributed by atoms with Gasteiger partial charge in [0, 0.05) is 12.6 Å². The number of carbonyl (C=O) groups excluding carboxylic acids is 1. The van der Waals surface area contributed by atoms with E-state index in [1.165, 1.54) is 0 Å². The average Bonchev–Trinajstić information content (AvgIpc) is 2.97. The summed E-state index contributed by atoms with van der Waals surface area (Å²) in [5, 5.41) is 3.04. The van der Waals surface area contributed by atoms with Crippen LogP contribution in [0.15, 0.2) is 18.2 Å². The van der Waals surface area contributed by atoms with Crippen LogP contribution >= 0.6 is 0 Å². The Balaban J connectivity index is 1.56. The van der Waals surface area contributed by atoms with E-state index in [0.29, 0.717) is 19.8 Å². The summed E-state index contributed by atoms with van der Waals surface area (Å²) < 4.78 is 16.1. The van der Waals surface area contributed by atoms with Crippen LogP contribution in [0.2, 0.25) is 0 Å². The quantitative estimate of drug-likeness (QED) is 0.909. The Kier molecular flexibility index (Phi) is 4.49. The Hall–Kier alpha value is -1.79. The van der Waals surface area contributed by atoms with Crippen molar-refractivity contribution in [2.75, 3.05) is 33.1 Å². The van der Waals surface area contributed by atoms with Gasteiger partial charge in [0.25, 0.3) is 0 Å². The second-order valence-corrected chi connectivity index (χ2v) is 5.80. The number of carbonyl (C=O) groups is 1. The van der Waals surface area contributed by atoms with Crippen molar-refractivity contribution in [2.24, 2.45) is 0 Å². The summed E-state index contributed by atoms with van der Waals surface area (Å²) in [7, 11) is 0. The molecule has 6 heteroatoms. The Morgan fingerprint density at radius 1 is 1.41 bits per heavy atom. The van der Waals surface area contributed by atoms with Gasteiger partial charge in [0.05, 0.1) is 25.8 Å². The SMILES string of the molecule is CC(NC(=O)CN1CCOCC1C)c1ccc2c(c1)OCO2. The number of rotatable bonds is 4. The van der Waals surface area contributed by atoms with Crippen molar-refractivity contribution in [3.63, 3.8) is 0 Å². The molecule has 2 atom stereocenters. The molecule has 1 aromatic rings. The van der Waals surface area contributed by atoms with E-state index >= 15 is 0 Å². The number of nitrogens with one attached hydrogen (secondary N) is 1. The number of fused-ring (bicyclic) bond motifs is 1. The van der Waals surface area contributed by atoms with E-state index < -0.39 is 0 Å². The van der Waals surface area contributed by atoms with Gasteiger partial charge in [-0.3, -0.25) is 9.69 Å². The van der Waals surface area contributed by atoms with Gasteiger partial charge in [-0.2, -0.15) is 0 Å². The molecule has 1 saturated heterocycles. The third-order valence-corrected chi connectivity index (χ3v) is 4.13. The summed E-state index contributed by atoms with van der Waals surface area (Å²) in [4.78, 5) is 14.4. The van der Waals surface area contributed by atoms with Gasteiger partial charge < -0.3 is 19.5 Å². The van der Waals surface area contributed by atoms with Crippen molar-refractivity contribution >= 4 is 5.91 Å². The molecule has 22 heavy (non-hydrogen) atoms. The lowest BCUT2D eigenvalue weighted by Gasteiger charge is -2.32. The molecule has 0 radical (unpaired) electrons. The van der Waals surface area contributed by atoms with E-state index in [2.05, 4.69) is 17.1 Å². The first-order valence-electron chi connectivity index (χ1n) is 7.64. The van der Waals surface area contributed by atoms with E-state index in [4.69, 9.17) is 14.2 Å². The summed E-state index contributed by atoms with van der Waals surface area (Å²) in [5.74, 6) is 1.52. The molecule has 1 fully saturated rings. The maximum Gasteiger partial charge on any atom is 0.234 e. The highest BCUT2D eigenvalue weighted by molar-refractivity contribution is 5.78. The molecule has 0 aromatic heterocycles.